The minimum absolute atomic E-state index is 0.400. The first-order valence-corrected chi connectivity index (χ1v) is 7.53. The van der Waals surface area contributed by atoms with Crippen molar-refractivity contribution < 1.29 is 0 Å². The molecule has 1 fully saturated rings. The first-order valence-electron chi connectivity index (χ1n) is 7.16. The molecule has 0 amide bonds. The van der Waals surface area contributed by atoms with Crippen LogP contribution in [0.5, 0.6) is 0 Å². The Kier molecular flexibility index (Phi) is 3.16. The van der Waals surface area contributed by atoms with E-state index in [4.69, 9.17) is 17.4 Å². The fourth-order valence-electron chi connectivity index (χ4n) is 2.83. The summed E-state index contributed by atoms with van der Waals surface area (Å²) in [5, 5.41) is 19.9. The molecule has 5 N–H and O–H groups in total. The molecule has 3 heterocycles. The van der Waals surface area contributed by atoms with Gasteiger partial charge in [0.05, 0.1) is 28.6 Å². The van der Waals surface area contributed by atoms with Gasteiger partial charge in [-0.05, 0) is 25.1 Å². The van der Waals surface area contributed by atoms with Gasteiger partial charge in [0, 0.05) is 23.5 Å². The van der Waals surface area contributed by atoms with Crippen LogP contribution in [0.2, 0.25) is 5.02 Å². The summed E-state index contributed by atoms with van der Waals surface area (Å²) < 4.78 is 0. The van der Waals surface area contributed by atoms with Crippen molar-refractivity contribution in [1.29, 1.82) is 0 Å². The lowest BCUT2D eigenvalue weighted by Crippen LogP contribution is -2.22. The van der Waals surface area contributed by atoms with Crippen LogP contribution in [0.1, 0.15) is 6.42 Å². The largest absolute Gasteiger partial charge is 0.380 e. The van der Waals surface area contributed by atoms with Crippen LogP contribution in [-0.4, -0.2) is 39.2 Å². The maximum Gasteiger partial charge on any atom is 0.103 e. The topological polar surface area (TPSA) is 96.6 Å². The molecule has 2 aromatic heterocycles. The predicted octanol–water partition coefficient (Wildman–Crippen LogP) is 1.57. The van der Waals surface area contributed by atoms with Crippen molar-refractivity contribution in [3.63, 3.8) is 0 Å². The van der Waals surface area contributed by atoms with Gasteiger partial charge in [0.1, 0.15) is 5.69 Å². The van der Waals surface area contributed by atoms with Gasteiger partial charge >= 0.3 is 0 Å². The zero-order valence-electron chi connectivity index (χ0n) is 11.8. The average Bonchev–Trinajstić information content (AvgIpc) is 3.20. The summed E-state index contributed by atoms with van der Waals surface area (Å²) in [6.07, 6.45) is 4.52. The van der Waals surface area contributed by atoms with Gasteiger partial charge in [-0.3, -0.25) is 5.10 Å². The molecule has 0 spiro atoms. The molecule has 1 unspecified atom stereocenters. The summed E-state index contributed by atoms with van der Waals surface area (Å²) in [7, 11) is 0. The number of rotatable bonds is 3. The van der Waals surface area contributed by atoms with E-state index in [0.717, 1.165) is 47.4 Å². The first kappa shape index (κ1) is 13.4. The number of H-pyrrole nitrogens is 1. The number of hydrogen-bond donors (Lipinski definition) is 4. The van der Waals surface area contributed by atoms with Crippen molar-refractivity contribution in [3.8, 4) is 11.3 Å². The lowest BCUT2D eigenvalue weighted by atomic mass is 10.1. The van der Waals surface area contributed by atoms with Crippen molar-refractivity contribution in [2.24, 2.45) is 0 Å². The molecule has 22 heavy (non-hydrogen) atoms. The second-order valence-corrected chi connectivity index (χ2v) is 5.90. The SMILES string of the molecule is Nn1cc(-c2n[nH]c3cc(Cl)c(NC4CCNC4)cc23)cn1. The van der Waals surface area contributed by atoms with Crippen LogP contribution >= 0.6 is 11.6 Å². The summed E-state index contributed by atoms with van der Waals surface area (Å²) in [6.45, 7) is 1.98. The number of nitrogens with zero attached hydrogens (tertiary/aromatic N) is 3. The third-order valence-electron chi connectivity index (χ3n) is 3.95. The van der Waals surface area contributed by atoms with Crippen molar-refractivity contribution in [3.05, 3.63) is 29.5 Å². The quantitative estimate of drug-likeness (QED) is 0.550. The highest BCUT2D eigenvalue weighted by Gasteiger charge is 2.17. The van der Waals surface area contributed by atoms with Crippen LogP contribution in [0, 0.1) is 0 Å². The van der Waals surface area contributed by atoms with Gasteiger partial charge in [0.2, 0.25) is 0 Å². The summed E-state index contributed by atoms with van der Waals surface area (Å²) in [4.78, 5) is 1.27. The molecule has 7 nitrogen and oxygen atoms in total. The van der Waals surface area contributed by atoms with Gasteiger partial charge in [-0.2, -0.15) is 15.0 Å². The molecule has 1 aliphatic rings. The van der Waals surface area contributed by atoms with E-state index in [1.165, 1.54) is 4.79 Å². The Morgan fingerprint density at radius 2 is 2.32 bits per heavy atom. The van der Waals surface area contributed by atoms with Crippen molar-refractivity contribution in [2.45, 2.75) is 12.5 Å². The number of aromatic amines is 1. The van der Waals surface area contributed by atoms with Crippen LogP contribution < -0.4 is 16.5 Å². The highest BCUT2D eigenvalue weighted by molar-refractivity contribution is 6.34. The molecule has 1 saturated heterocycles. The van der Waals surface area contributed by atoms with Crippen LogP contribution in [0.3, 0.4) is 0 Å². The zero-order chi connectivity index (χ0) is 15.1. The minimum Gasteiger partial charge on any atom is -0.380 e. The van der Waals surface area contributed by atoms with Gasteiger partial charge in [-0.25, -0.2) is 0 Å². The molecule has 1 aliphatic heterocycles. The number of aromatic nitrogens is 4. The van der Waals surface area contributed by atoms with Crippen molar-refractivity contribution in [1.82, 2.24) is 25.4 Å². The highest BCUT2D eigenvalue weighted by Crippen LogP contribution is 2.33. The fraction of sp³-hybridized carbons (Fsp3) is 0.286. The highest BCUT2D eigenvalue weighted by atomic mass is 35.5. The molecule has 3 aromatic rings. The lowest BCUT2D eigenvalue weighted by Gasteiger charge is -2.14. The maximum atomic E-state index is 6.37. The van der Waals surface area contributed by atoms with E-state index >= 15 is 0 Å². The summed E-state index contributed by atoms with van der Waals surface area (Å²) >= 11 is 6.37. The van der Waals surface area contributed by atoms with Crippen molar-refractivity contribution >= 4 is 28.2 Å². The number of hydrogen-bond acceptors (Lipinski definition) is 5. The number of halogens is 1. The van der Waals surface area contributed by atoms with E-state index in [1.54, 1.807) is 12.4 Å². The number of anilines is 1. The second kappa shape index (κ2) is 5.19. The van der Waals surface area contributed by atoms with E-state index in [2.05, 4.69) is 25.9 Å². The molecule has 8 heteroatoms. The number of nitrogen functional groups attached to an aromatic ring is 1. The molecule has 1 atom stereocenters. The van der Waals surface area contributed by atoms with E-state index in [1.807, 2.05) is 12.1 Å². The van der Waals surface area contributed by atoms with E-state index in [-0.39, 0.29) is 0 Å². The third-order valence-corrected chi connectivity index (χ3v) is 4.26. The van der Waals surface area contributed by atoms with Gasteiger partial charge in [0.25, 0.3) is 0 Å². The van der Waals surface area contributed by atoms with Crippen LogP contribution in [0.15, 0.2) is 24.5 Å². The number of nitrogens with two attached hydrogens (primary N) is 1. The lowest BCUT2D eigenvalue weighted by molar-refractivity contribution is 0.794. The van der Waals surface area contributed by atoms with Crippen molar-refractivity contribution in [2.75, 3.05) is 24.2 Å². The summed E-state index contributed by atoms with van der Waals surface area (Å²) in [5.74, 6) is 5.62. The van der Waals surface area contributed by atoms with E-state index in [9.17, 15) is 0 Å². The standard InChI is InChI=1S/C14H16ClN7/c15-11-4-12-10(3-13(11)19-9-1-2-17-6-9)14(21-20-12)8-5-18-22(16)7-8/h3-5,7,9,17,19H,1-2,6,16H2,(H,20,21). The Bertz CT molecular complexity index is 816. The second-order valence-electron chi connectivity index (χ2n) is 5.49. The molecule has 0 bridgehead atoms. The predicted molar refractivity (Wildman–Crippen MR) is 87.4 cm³/mol. The third kappa shape index (κ3) is 2.28. The summed E-state index contributed by atoms with van der Waals surface area (Å²) in [5.41, 5.74) is 3.49. The molecule has 4 rings (SSSR count). The van der Waals surface area contributed by atoms with Crippen LogP contribution in [0.25, 0.3) is 22.2 Å². The smallest absolute Gasteiger partial charge is 0.103 e. The Hall–Kier alpha value is -2.25. The molecule has 0 aliphatic carbocycles. The Morgan fingerprint density at radius 3 is 3.05 bits per heavy atom. The van der Waals surface area contributed by atoms with E-state index < -0.39 is 0 Å². The monoisotopic (exact) mass is 317 g/mol. The zero-order valence-corrected chi connectivity index (χ0v) is 12.6. The normalized spacial score (nSPS) is 18.1. The summed E-state index contributed by atoms with van der Waals surface area (Å²) in [6, 6.07) is 4.32. The molecule has 0 radical (unpaired) electrons. The van der Waals surface area contributed by atoms with Gasteiger partial charge < -0.3 is 16.5 Å². The molecule has 0 saturated carbocycles. The average molecular weight is 318 g/mol. The van der Waals surface area contributed by atoms with Crippen LogP contribution in [-0.2, 0) is 0 Å². The number of benzene rings is 1. The van der Waals surface area contributed by atoms with Gasteiger partial charge in [-0.15, -0.1) is 0 Å². The van der Waals surface area contributed by atoms with Gasteiger partial charge in [-0.1, -0.05) is 11.6 Å². The molecule has 1 aromatic carbocycles. The Morgan fingerprint density at radius 1 is 1.41 bits per heavy atom. The molecular weight excluding hydrogens is 302 g/mol. The van der Waals surface area contributed by atoms with E-state index in [0.29, 0.717) is 11.1 Å². The minimum atomic E-state index is 0.400. The van der Waals surface area contributed by atoms with Gasteiger partial charge in [0.15, 0.2) is 0 Å². The Balaban J connectivity index is 1.76. The van der Waals surface area contributed by atoms with Crippen LogP contribution in [0.4, 0.5) is 5.69 Å². The molecule has 114 valence electrons. The molecular formula is C14H16ClN7. The first-order chi connectivity index (χ1) is 10.7. The Labute approximate surface area is 131 Å². The number of fused-ring (bicyclic) bond motifs is 1. The maximum absolute atomic E-state index is 6.37. The fourth-order valence-corrected chi connectivity index (χ4v) is 3.04. The number of nitrogens with one attached hydrogen (secondary N) is 3.